The second kappa shape index (κ2) is 3.72. The molecule has 0 spiro atoms. The van der Waals surface area contributed by atoms with E-state index in [9.17, 15) is 0 Å². The van der Waals surface area contributed by atoms with Crippen molar-refractivity contribution >= 4 is 17.4 Å². The lowest BCUT2D eigenvalue weighted by Crippen LogP contribution is -2.02. The summed E-state index contributed by atoms with van der Waals surface area (Å²) in [5.74, 6) is 0.915. The van der Waals surface area contributed by atoms with Crippen LogP contribution in [0.3, 0.4) is 0 Å². The van der Waals surface area contributed by atoms with Crippen molar-refractivity contribution in [1.29, 1.82) is 0 Å². The molecule has 72 valence electrons. The zero-order valence-corrected chi connectivity index (χ0v) is 8.49. The van der Waals surface area contributed by atoms with Gasteiger partial charge in [-0.3, -0.25) is 0 Å². The third kappa shape index (κ3) is 1.46. The van der Waals surface area contributed by atoms with Crippen molar-refractivity contribution in [3.05, 3.63) is 41.6 Å². The molecule has 0 atom stereocenters. The van der Waals surface area contributed by atoms with Gasteiger partial charge in [-0.05, 0) is 12.1 Å². The van der Waals surface area contributed by atoms with E-state index in [4.69, 9.17) is 11.6 Å². The van der Waals surface area contributed by atoms with Gasteiger partial charge in [-0.2, -0.15) is 5.10 Å². The molecule has 0 aliphatic heterocycles. The molecule has 0 aliphatic carbocycles. The highest BCUT2D eigenvalue weighted by Crippen LogP contribution is 2.22. The zero-order chi connectivity index (χ0) is 9.97. The van der Waals surface area contributed by atoms with E-state index in [-0.39, 0.29) is 0 Å². The van der Waals surface area contributed by atoms with Crippen LogP contribution in [0.15, 0.2) is 36.5 Å². The molecule has 4 heteroatoms. The molecule has 0 radical (unpaired) electrons. The number of nitrogens with zero attached hydrogens (tertiary/aromatic N) is 2. The van der Waals surface area contributed by atoms with E-state index in [1.807, 2.05) is 37.4 Å². The predicted octanol–water partition coefficient (Wildman–Crippen LogP) is 2.57. The topological polar surface area (TPSA) is 29.9 Å². The molecule has 1 aromatic carbocycles. The van der Waals surface area contributed by atoms with E-state index in [1.54, 1.807) is 10.9 Å². The number of para-hydroxylation sites is 1. The summed E-state index contributed by atoms with van der Waals surface area (Å²) >= 11 is 6.06. The third-order valence-corrected chi connectivity index (χ3v) is 2.30. The van der Waals surface area contributed by atoms with Gasteiger partial charge in [0.1, 0.15) is 5.82 Å². The molecular weight excluding hydrogens is 198 g/mol. The number of rotatable bonds is 2. The van der Waals surface area contributed by atoms with Gasteiger partial charge in [-0.15, -0.1) is 0 Å². The van der Waals surface area contributed by atoms with E-state index >= 15 is 0 Å². The number of hydrogen-bond acceptors (Lipinski definition) is 2. The Bertz CT molecular complexity index is 436. The van der Waals surface area contributed by atoms with E-state index in [0.717, 1.165) is 11.5 Å². The summed E-state index contributed by atoms with van der Waals surface area (Å²) in [6, 6.07) is 9.49. The van der Waals surface area contributed by atoms with Crippen LogP contribution >= 0.6 is 11.6 Å². The van der Waals surface area contributed by atoms with Gasteiger partial charge >= 0.3 is 0 Å². The molecule has 1 heterocycles. The molecule has 14 heavy (non-hydrogen) atoms. The SMILES string of the molecule is CNc1ccnn1-c1ccccc1Cl. The van der Waals surface area contributed by atoms with Crippen LogP contribution in [0, 0.1) is 0 Å². The number of anilines is 1. The summed E-state index contributed by atoms with van der Waals surface area (Å²) in [6.45, 7) is 0. The minimum Gasteiger partial charge on any atom is -0.373 e. The van der Waals surface area contributed by atoms with Gasteiger partial charge < -0.3 is 5.32 Å². The van der Waals surface area contributed by atoms with Gasteiger partial charge in [0.25, 0.3) is 0 Å². The fraction of sp³-hybridized carbons (Fsp3) is 0.100. The van der Waals surface area contributed by atoms with Gasteiger partial charge in [-0.1, -0.05) is 23.7 Å². The summed E-state index contributed by atoms with van der Waals surface area (Å²) in [4.78, 5) is 0. The monoisotopic (exact) mass is 207 g/mol. The molecule has 1 N–H and O–H groups in total. The molecular formula is C10H10ClN3. The quantitative estimate of drug-likeness (QED) is 0.821. The maximum Gasteiger partial charge on any atom is 0.129 e. The predicted molar refractivity (Wildman–Crippen MR) is 58.1 cm³/mol. The number of hydrogen-bond donors (Lipinski definition) is 1. The Labute approximate surface area is 87.3 Å². The fourth-order valence-electron chi connectivity index (χ4n) is 1.31. The van der Waals surface area contributed by atoms with Gasteiger partial charge in [0.05, 0.1) is 16.9 Å². The number of aromatic nitrogens is 2. The molecule has 0 saturated carbocycles. The van der Waals surface area contributed by atoms with E-state index in [1.165, 1.54) is 0 Å². The highest BCUT2D eigenvalue weighted by Gasteiger charge is 2.05. The van der Waals surface area contributed by atoms with Crippen molar-refractivity contribution in [2.45, 2.75) is 0 Å². The van der Waals surface area contributed by atoms with Crippen LogP contribution in [-0.4, -0.2) is 16.8 Å². The first-order chi connectivity index (χ1) is 6.83. The largest absolute Gasteiger partial charge is 0.373 e. The van der Waals surface area contributed by atoms with Crippen LogP contribution in [0.4, 0.5) is 5.82 Å². The Morgan fingerprint density at radius 1 is 1.29 bits per heavy atom. The molecule has 0 bridgehead atoms. The maximum atomic E-state index is 6.06. The Morgan fingerprint density at radius 2 is 2.07 bits per heavy atom. The molecule has 3 nitrogen and oxygen atoms in total. The Morgan fingerprint density at radius 3 is 2.79 bits per heavy atom. The summed E-state index contributed by atoms with van der Waals surface area (Å²) in [6.07, 6.45) is 1.73. The first-order valence-electron chi connectivity index (χ1n) is 4.29. The average Bonchev–Trinajstić information content (AvgIpc) is 2.66. The van der Waals surface area contributed by atoms with Crippen LogP contribution < -0.4 is 5.32 Å². The van der Waals surface area contributed by atoms with Crippen LogP contribution in [0.25, 0.3) is 5.69 Å². The van der Waals surface area contributed by atoms with Crippen molar-refractivity contribution in [3.8, 4) is 5.69 Å². The highest BCUT2D eigenvalue weighted by molar-refractivity contribution is 6.32. The summed E-state index contributed by atoms with van der Waals surface area (Å²) < 4.78 is 1.77. The normalized spacial score (nSPS) is 10.1. The number of nitrogens with one attached hydrogen (secondary N) is 1. The first kappa shape index (κ1) is 9.09. The third-order valence-electron chi connectivity index (χ3n) is 1.98. The first-order valence-corrected chi connectivity index (χ1v) is 4.67. The van der Waals surface area contributed by atoms with Crippen LogP contribution in [0.2, 0.25) is 5.02 Å². The molecule has 1 aromatic heterocycles. The summed E-state index contributed by atoms with van der Waals surface area (Å²) in [5.41, 5.74) is 0.878. The zero-order valence-electron chi connectivity index (χ0n) is 7.74. The Hall–Kier alpha value is -1.48. The molecule has 0 unspecified atom stereocenters. The maximum absolute atomic E-state index is 6.06. The Balaban J connectivity index is 2.54. The van der Waals surface area contributed by atoms with E-state index < -0.39 is 0 Å². The fourth-order valence-corrected chi connectivity index (χ4v) is 1.52. The van der Waals surface area contributed by atoms with Gasteiger partial charge in [-0.25, -0.2) is 4.68 Å². The van der Waals surface area contributed by atoms with Crippen LogP contribution in [-0.2, 0) is 0 Å². The molecule has 0 fully saturated rings. The van der Waals surface area contributed by atoms with Gasteiger partial charge in [0.2, 0.25) is 0 Å². The van der Waals surface area contributed by atoms with Crippen molar-refractivity contribution in [2.75, 3.05) is 12.4 Å². The second-order valence-electron chi connectivity index (χ2n) is 2.83. The van der Waals surface area contributed by atoms with Crippen molar-refractivity contribution in [3.63, 3.8) is 0 Å². The smallest absolute Gasteiger partial charge is 0.129 e. The van der Waals surface area contributed by atoms with E-state index in [0.29, 0.717) is 5.02 Å². The van der Waals surface area contributed by atoms with Gasteiger partial charge in [0.15, 0.2) is 0 Å². The lowest BCUT2D eigenvalue weighted by atomic mass is 10.3. The van der Waals surface area contributed by atoms with Crippen LogP contribution in [0.5, 0.6) is 0 Å². The van der Waals surface area contributed by atoms with Crippen molar-refractivity contribution in [2.24, 2.45) is 0 Å². The standard InChI is InChI=1S/C10H10ClN3/c1-12-10-6-7-13-14(10)9-5-3-2-4-8(9)11/h2-7,12H,1H3. The molecule has 0 amide bonds. The van der Waals surface area contributed by atoms with Crippen molar-refractivity contribution < 1.29 is 0 Å². The summed E-state index contributed by atoms with van der Waals surface area (Å²) in [7, 11) is 1.85. The molecule has 2 rings (SSSR count). The molecule has 0 saturated heterocycles. The van der Waals surface area contributed by atoms with Crippen molar-refractivity contribution in [1.82, 2.24) is 9.78 Å². The molecule has 0 aliphatic rings. The minimum atomic E-state index is 0.688. The minimum absolute atomic E-state index is 0.688. The van der Waals surface area contributed by atoms with Crippen LogP contribution in [0.1, 0.15) is 0 Å². The number of benzene rings is 1. The average molecular weight is 208 g/mol. The number of halogens is 1. The van der Waals surface area contributed by atoms with Gasteiger partial charge in [0, 0.05) is 13.1 Å². The highest BCUT2D eigenvalue weighted by atomic mass is 35.5. The van der Waals surface area contributed by atoms with E-state index in [2.05, 4.69) is 10.4 Å². The summed E-state index contributed by atoms with van der Waals surface area (Å²) in [5, 5.41) is 7.92. The molecule has 2 aromatic rings. The second-order valence-corrected chi connectivity index (χ2v) is 3.24. The lowest BCUT2D eigenvalue weighted by molar-refractivity contribution is 0.885. The lowest BCUT2D eigenvalue weighted by Gasteiger charge is -2.07. The Kier molecular flexibility index (Phi) is 2.41.